The van der Waals surface area contributed by atoms with Crippen LogP contribution in [-0.4, -0.2) is 24.5 Å². The van der Waals surface area contributed by atoms with Crippen LogP contribution in [0, 0.1) is 5.92 Å². The summed E-state index contributed by atoms with van der Waals surface area (Å²) < 4.78 is 15.3. The van der Waals surface area contributed by atoms with Crippen molar-refractivity contribution in [1.29, 1.82) is 0 Å². The minimum Gasteiger partial charge on any atom is -0.431 e. The maximum absolute atomic E-state index is 12.0. The highest BCUT2D eigenvalue weighted by molar-refractivity contribution is 5.88. The number of carbonyl (C=O) groups is 2. The third-order valence-electron chi connectivity index (χ3n) is 4.11. The average molecular weight is 312 g/mol. The second-order valence-corrected chi connectivity index (χ2v) is 6.18. The Labute approximate surface area is 133 Å². The predicted octanol–water partition coefficient (Wildman–Crippen LogP) is 4.35. The van der Waals surface area contributed by atoms with Crippen molar-refractivity contribution in [3.05, 3.63) is 11.1 Å². The van der Waals surface area contributed by atoms with E-state index in [-0.39, 0.29) is 12.0 Å². The smallest absolute Gasteiger partial charge is 0.431 e. The summed E-state index contributed by atoms with van der Waals surface area (Å²) in [5.41, 5.74) is 1.51. The molecule has 5 heteroatoms. The van der Waals surface area contributed by atoms with Crippen molar-refractivity contribution in [3.8, 4) is 0 Å². The third kappa shape index (κ3) is 6.08. The molecule has 5 nitrogen and oxygen atoms in total. The van der Waals surface area contributed by atoms with Crippen LogP contribution in [0.3, 0.4) is 0 Å². The molecule has 0 radical (unpaired) electrons. The standard InChI is InChI=1S/C17H28O5/c1-11(2)12(3)13(4)16(18)20-14(5)21-17(19)22-15-9-7-6-8-10-15/h11,14-15H,6-10H2,1-5H3/b13-12+. The zero-order chi connectivity index (χ0) is 16.7. The second-order valence-electron chi connectivity index (χ2n) is 6.18. The molecular formula is C17H28O5. The van der Waals surface area contributed by atoms with Crippen molar-refractivity contribution >= 4 is 12.1 Å². The lowest BCUT2D eigenvalue weighted by Gasteiger charge is -2.22. The summed E-state index contributed by atoms with van der Waals surface area (Å²) in [5, 5.41) is 0. The number of hydrogen-bond donors (Lipinski definition) is 0. The molecule has 22 heavy (non-hydrogen) atoms. The third-order valence-corrected chi connectivity index (χ3v) is 4.11. The Hall–Kier alpha value is -1.52. The van der Waals surface area contributed by atoms with Gasteiger partial charge >= 0.3 is 12.1 Å². The van der Waals surface area contributed by atoms with Gasteiger partial charge in [-0.25, -0.2) is 9.59 Å². The first-order chi connectivity index (χ1) is 10.3. The van der Waals surface area contributed by atoms with E-state index < -0.39 is 18.4 Å². The van der Waals surface area contributed by atoms with Crippen LogP contribution in [0.2, 0.25) is 0 Å². The van der Waals surface area contributed by atoms with Gasteiger partial charge in [-0.15, -0.1) is 0 Å². The van der Waals surface area contributed by atoms with Gasteiger partial charge in [0.2, 0.25) is 6.29 Å². The van der Waals surface area contributed by atoms with Crippen molar-refractivity contribution in [2.45, 2.75) is 79.1 Å². The lowest BCUT2D eigenvalue weighted by atomic mass is 9.98. The SMILES string of the molecule is C/C(C(=O)OC(C)OC(=O)OC1CCCCC1)=C(/C)C(C)C. The van der Waals surface area contributed by atoms with Crippen LogP contribution >= 0.6 is 0 Å². The van der Waals surface area contributed by atoms with Gasteiger partial charge in [0.05, 0.1) is 0 Å². The van der Waals surface area contributed by atoms with Crippen LogP contribution < -0.4 is 0 Å². The maximum atomic E-state index is 12.0. The van der Waals surface area contributed by atoms with Crippen LogP contribution in [0.15, 0.2) is 11.1 Å². The van der Waals surface area contributed by atoms with Crippen molar-refractivity contribution in [3.63, 3.8) is 0 Å². The minimum absolute atomic E-state index is 0.0750. The van der Waals surface area contributed by atoms with E-state index in [0.29, 0.717) is 5.57 Å². The van der Waals surface area contributed by atoms with Gasteiger partial charge in [-0.2, -0.15) is 0 Å². The zero-order valence-electron chi connectivity index (χ0n) is 14.3. The van der Waals surface area contributed by atoms with Crippen molar-refractivity contribution in [2.75, 3.05) is 0 Å². The van der Waals surface area contributed by atoms with Crippen LogP contribution in [-0.2, 0) is 19.0 Å². The second kappa shape index (κ2) is 8.81. The summed E-state index contributed by atoms with van der Waals surface area (Å²) >= 11 is 0. The molecule has 1 fully saturated rings. The number of ether oxygens (including phenoxy) is 3. The van der Waals surface area contributed by atoms with Crippen molar-refractivity contribution in [1.82, 2.24) is 0 Å². The van der Waals surface area contributed by atoms with Crippen LogP contribution in [0.25, 0.3) is 0 Å². The predicted molar refractivity (Wildman–Crippen MR) is 83.2 cm³/mol. The molecule has 0 aromatic carbocycles. The fraction of sp³-hybridized carbons (Fsp3) is 0.765. The molecule has 0 N–H and O–H groups in total. The van der Waals surface area contributed by atoms with E-state index in [4.69, 9.17) is 14.2 Å². The van der Waals surface area contributed by atoms with E-state index in [9.17, 15) is 9.59 Å². The Morgan fingerprint density at radius 3 is 2.09 bits per heavy atom. The summed E-state index contributed by atoms with van der Waals surface area (Å²) in [6.45, 7) is 9.13. The molecule has 0 amide bonds. The highest BCUT2D eigenvalue weighted by atomic mass is 16.8. The van der Waals surface area contributed by atoms with Crippen molar-refractivity contribution in [2.24, 2.45) is 5.92 Å². The quantitative estimate of drug-likeness (QED) is 0.429. The van der Waals surface area contributed by atoms with Gasteiger partial charge in [-0.05, 0) is 45.4 Å². The van der Waals surface area contributed by atoms with E-state index >= 15 is 0 Å². The van der Waals surface area contributed by atoms with Gasteiger partial charge in [0.15, 0.2) is 0 Å². The molecule has 0 spiro atoms. The highest BCUT2D eigenvalue weighted by Crippen LogP contribution is 2.21. The summed E-state index contributed by atoms with van der Waals surface area (Å²) in [7, 11) is 0. The molecule has 0 heterocycles. The van der Waals surface area contributed by atoms with Gasteiger partial charge in [-0.1, -0.05) is 25.8 Å². The highest BCUT2D eigenvalue weighted by Gasteiger charge is 2.22. The number of allylic oxidation sites excluding steroid dienone is 1. The number of rotatable bonds is 5. The molecule has 1 atom stereocenters. The first-order valence-electron chi connectivity index (χ1n) is 8.06. The first kappa shape index (κ1) is 18.5. The number of carbonyl (C=O) groups excluding carboxylic acids is 2. The molecule has 0 saturated heterocycles. The summed E-state index contributed by atoms with van der Waals surface area (Å²) in [6.07, 6.45) is 3.27. The summed E-state index contributed by atoms with van der Waals surface area (Å²) in [4.78, 5) is 23.6. The zero-order valence-corrected chi connectivity index (χ0v) is 14.3. The van der Waals surface area contributed by atoms with E-state index in [1.165, 1.54) is 13.3 Å². The molecule has 1 unspecified atom stereocenters. The largest absolute Gasteiger partial charge is 0.511 e. The topological polar surface area (TPSA) is 61.8 Å². The van der Waals surface area contributed by atoms with Gasteiger partial charge in [-0.3, -0.25) is 0 Å². The molecule has 0 aromatic heterocycles. The summed E-state index contributed by atoms with van der Waals surface area (Å²) in [5.74, 6) is -0.204. The Morgan fingerprint density at radius 1 is 0.955 bits per heavy atom. The monoisotopic (exact) mass is 312 g/mol. The molecule has 1 rings (SSSR count). The maximum Gasteiger partial charge on any atom is 0.511 e. The molecule has 1 aliphatic rings. The fourth-order valence-electron chi connectivity index (χ4n) is 2.34. The Morgan fingerprint density at radius 2 is 1.55 bits per heavy atom. The van der Waals surface area contributed by atoms with Crippen LogP contribution in [0.4, 0.5) is 4.79 Å². The Bertz CT molecular complexity index is 419. The lowest BCUT2D eigenvalue weighted by molar-refractivity contribution is -0.164. The molecule has 0 aliphatic heterocycles. The van der Waals surface area contributed by atoms with E-state index in [1.807, 2.05) is 20.8 Å². The molecular weight excluding hydrogens is 284 g/mol. The molecule has 0 bridgehead atoms. The molecule has 126 valence electrons. The lowest BCUT2D eigenvalue weighted by Crippen LogP contribution is -2.27. The first-order valence-corrected chi connectivity index (χ1v) is 8.06. The molecule has 1 aliphatic carbocycles. The Kier molecular flexibility index (Phi) is 7.42. The molecule has 1 saturated carbocycles. The minimum atomic E-state index is -0.960. The summed E-state index contributed by atoms with van der Waals surface area (Å²) in [6, 6.07) is 0. The van der Waals surface area contributed by atoms with E-state index in [2.05, 4.69) is 0 Å². The van der Waals surface area contributed by atoms with Gasteiger partial charge in [0.25, 0.3) is 0 Å². The van der Waals surface area contributed by atoms with Gasteiger partial charge < -0.3 is 14.2 Å². The van der Waals surface area contributed by atoms with E-state index in [0.717, 1.165) is 31.3 Å². The fourth-order valence-corrected chi connectivity index (χ4v) is 2.34. The normalized spacial score (nSPS) is 18.5. The van der Waals surface area contributed by atoms with E-state index in [1.54, 1.807) is 6.92 Å². The van der Waals surface area contributed by atoms with Crippen molar-refractivity contribution < 1.29 is 23.8 Å². The Balaban J connectivity index is 2.41. The molecule has 0 aromatic rings. The van der Waals surface area contributed by atoms with Crippen LogP contribution in [0.5, 0.6) is 0 Å². The number of esters is 1. The average Bonchev–Trinajstić information content (AvgIpc) is 2.46. The van der Waals surface area contributed by atoms with Gasteiger partial charge in [0, 0.05) is 12.5 Å². The van der Waals surface area contributed by atoms with Crippen LogP contribution in [0.1, 0.15) is 66.7 Å². The van der Waals surface area contributed by atoms with Gasteiger partial charge in [0.1, 0.15) is 6.10 Å². The number of hydrogen-bond acceptors (Lipinski definition) is 5.